The number of aryl methyl sites for hydroxylation is 1. The van der Waals surface area contributed by atoms with Gasteiger partial charge in [0.15, 0.2) is 0 Å². The summed E-state index contributed by atoms with van der Waals surface area (Å²) in [5.41, 5.74) is 1.35. The summed E-state index contributed by atoms with van der Waals surface area (Å²) >= 11 is 0. The molecule has 4 heteroatoms. The van der Waals surface area contributed by atoms with Crippen LogP contribution in [0, 0.1) is 12.7 Å². The highest BCUT2D eigenvalue weighted by Gasteiger charge is 2.42. The smallest absolute Gasteiger partial charge is 0.128 e. The Balaban J connectivity index is 2.40. The summed E-state index contributed by atoms with van der Waals surface area (Å²) in [7, 11) is 1.71. The molecule has 1 aromatic carbocycles. The minimum absolute atomic E-state index is 0.152. The molecule has 1 aliphatic heterocycles. The lowest BCUT2D eigenvalue weighted by Crippen LogP contribution is -2.49. The van der Waals surface area contributed by atoms with E-state index in [1.54, 1.807) is 13.2 Å². The molecule has 20 heavy (non-hydrogen) atoms. The third-order valence-electron chi connectivity index (χ3n) is 4.14. The molecule has 0 saturated carbocycles. The van der Waals surface area contributed by atoms with E-state index in [-0.39, 0.29) is 11.9 Å². The SMILES string of the molecule is CCNC(c1cc(C)ccc1F)C1(OC)CCOCC1. The van der Waals surface area contributed by atoms with Crippen LogP contribution < -0.4 is 5.32 Å². The van der Waals surface area contributed by atoms with Crippen LogP contribution in [-0.4, -0.2) is 32.5 Å². The molecule has 0 aromatic heterocycles. The Morgan fingerprint density at radius 3 is 2.70 bits per heavy atom. The van der Waals surface area contributed by atoms with Gasteiger partial charge in [-0.05, 0) is 19.5 Å². The van der Waals surface area contributed by atoms with Gasteiger partial charge in [-0.25, -0.2) is 4.39 Å². The highest BCUT2D eigenvalue weighted by molar-refractivity contribution is 5.29. The highest BCUT2D eigenvalue weighted by atomic mass is 19.1. The van der Waals surface area contributed by atoms with Crippen molar-refractivity contribution in [1.29, 1.82) is 0 Å². The molecule has 1 aliphatic rings. The number of hydrogen-bond acceptors (Lipinski definition) is 3. The van der Waals surface area contributed by atoms with Gasteiger partial charge in [0.25, 0.3) is 0 Å². The molecule has 0 bridgehead atoms. The van der Waals surface area contributed by atoms with Crippen molar-refractivity contribution >= 4 is 0 Å². The molecule has 112 valence electrons. The Kier molecular flexibility index (Phi) is 5.13. The van der Waals surface area contributed by atoms with Gasteiger partial charge in [0.2, 0.25) is 0 Å². The number of methoxy groups -OCH3 is 1. The van der Waals surface area contributed by atoms with Crippen molar-refractivity contribution in [2.75, 3.05) is 26.9 Å². The van der Waals surface area contributed by atoms with Crippen molar-refractivity contribution in [1.82, 2.24) is 5.32 Å². The fraction of sp³-hybridized carbons (Fsp3) is 0.625. The third kappa shape index (κ3) is 3.03. The van der Waals surface area contributed by atoms with Gasteiger partial charge in [-0.15, -0.1) is 0 Å². The second-order valence-electron chi connectivity index (χ2n) is 5.40. The summed E-state index contributed by atoms with van der Waals surface area (Å²) in [5.74, 6) is -0.176. The van der Waals surface area contributed by atoms with E-state index >= 15 is 0 Å². The Morgan fingerprint density at radius 1 is 1.40 bits per heavy atom. The zero-order chi connectivity index (χ0) is 14.6. The van der Waals surface area contributed by atoms with Gasteiger partial charge >= 0.3 is 0 Å². The predicted molar refractivity (Wildman–Crippen MR) is 77.3 cm³/mol. The normalized spacial score (nSPS) is 19.8. The van der Waals surface area contributed by atoms with Crippen LogP contribution in [0.4, 0.5) is 4.39 Å². The highest BCUT2D eigenvalue weighted by Crippen LogP contribution is 2.38. The molecular weight excluding hydrogens is 257 g/mol. The van der Waals surface area contributed by atoms with E-state index in [4.69, 9.17) is 9.47 Å². The van der Waals surface area contributed by atoms with Crippen molar-refractivity contribution in [3.8, 4) is 0 Å². The molecule has 1 heterocycles. The first-order valence-electron chi connectivity index (χ1n) is 7.25. The van der Waals surface area contributed by atoms with Gasteiger partial charge in [-0.1, -0.05) is 24.6 Å². The second-order valence-corrected chi connectivity index (χ2v) is 5.40. The standard InChI is InChI=1S/C16H24FNO2/c1-4-18-15(13-11-12(2)5-6-14(13)17)16(19-3)7-9-20-10-8-16/h5-6,11,15,18H,4,7-10H2,1-3H3. The predicted octanol–water partition coefficient (Wildman–Crippen LogP) is 2.98. The molecule has 0 spiro atoms. The average molecular weight is 281 g/mol. The Morgan fingerprint density at radius 2 is 2.10 bits per heavy atom. The molecule has 1 saturated heterocycles. The number of likely N-dealkylation sites (N-methyl/N-ethyl adjacent to an activating group) is 1. The van der Waals surface area contributed by atoms with E-state index in [0.717, 1.165) is 24.9 Å². The Bertz CT molecular complexity index is 444. The second kappa shape index (κ2) is 6.66. The maximum absolute atomic E-state index is 14.3. The van der Waals surface area contributed by atoms with Crippen molar-refractivity contribution in [3.63, 3.8) is 0 Å². The van der Waals surface area contributed by atoms with E-state index < -0.39 is 5.60 Å². The maximum Gasteiger partial charge on any atom is 0.128 e. The zero-order valence-electron chi connectivity index (χ0n) is 12.5. The van der Waals surface area contributed by atoms with Gasteiger partial charge in [-0.2, -0.15) is 0 Å². The summed E-state index contributed by atoms with van der Waals surface area (Å²) in [6.07, 6.45) is 1.54. The molecular formula is C16H24FNO2. The maximum atomic E-state index is 14.3. The van der Waals surface area contributed by atoms with Gasteiger partial charge in [0.05, 0.1) is 11.6 Å². The number of nitrogens with one attached hydrogen (secondary N) is 1. The molecule has 2 rings (SSSR count). The van der Waals surface area contributed by atoms with Gasteiger partial charge < -0.3 is 14.8 Å². The number of halogens is 1. The molecule has 1 N–H and O–H groups in total. The monoisotopic (exact) mass is 281 g/mol. The molecule has 3 nitrogen and oxygen atoms in total. The molecule has 0 radical (unpaired) electrons. The summed E-state index contributed by atoms with van der Waals surface area (Å²) in [6, 6.07) is 5.10. The minimum atomic E-state index is -0.400. The summed E-state index contributed by atoms with van der Waals surface area (Å²) in [4.78, 5) is 0. The fourth-order valence-corrected chi connectivity index (χ4v) is 3.00. The molecule has 0 amide bonds. The van der Waals surface area contributed by atoms with E-state index in [9.17, 15) is 4.39 Å². The first-order valence-corrected chi connectivity index (χ1v) is 7.25. The quantitative estimate of drug-likeness (QED) is 0.900. The molecule has 0 aliphatic carbocycles. The number of ether oxygens (including phenoxy) is 2. The van der Waals surface area contributed by atoms with Gasteiger partial charge in [0.1, 0.15) is 5.82 Å². The summed E-state index contributed by atoms with van der Waals surface area (Å²) in [5, 5.41) is 3.41. The number of benzene rings is 1. The van der Waals surface area contributed by atoms with Crippen molar-refractivity contribution in [3.05, 3.63) is 35.1 Å². The van der Waals surface area contributed by atoms with Crippen molar-refractivity contribution in [2.24, 2.45) is 0 Å². The molecule has 1 atom stereocenters. The van der Waals surface area contributed by atoms with Crippen LogP contribution in [0.15, 0.2) is 18.2 Å². The first kappa shape index (κ1) is 15.4. The summed E-state index contributed by atoms with van der Waals surface area (Å²) < 4.78 is 25.6. The summed E-state index contributed by atoms with van der Waals surface area (Å²) in [6.45, 7) is 6.09. The number of hydrogen-bond donors (Lipinski definition) is 1. The largest absolute Gasteiger partial charge is 0.381 e. The minimum Gasteiger partial charge on any atom is -0.381 e. The van der Waals surface area contributed by atoms with Crippen LogP contribution >= 0.6 is 0 Å². The molecule has 1 fully saturated rings. The lowest BCUT2D eigenvalue weighted by Gasteiger charge is -2.43. The molecule has 1 aromatic rings. The van der Waals surface area contributed by atoms with Crippen molar-refractivity contribution in [2.45, 2.75) is 38.3 Å². The fourth-order valence-electron chi connectivity index (χ4n) is 3.00. The van der Waals surface area contributed by atoms with Gasteiger partial charge in [-0.3, -0.25) is 0 Å². The Labute approximate surface area is 120 Å². The van der Waals surface area contributed by atoms with Crippen LogP contribution in [0.5, 0.6) is 0 Å². The van der Waals surface area contributed by atoms with E-state index in [2.05, 4.69) is 5.32 Å². The topological polar surface area (TPSA) is 30.5 Å². The van der Waals surface area contributed by atoms with E-state index in [1.165, 1.54) is 6.07 Å². The van der Waals surface area contributed by atoms with Gasteiger partial charge in [0, 0.05) is 38.7 Å². The lowest BCUT2D eigenvalue weighted by atomic mass is 9.81. The lowest BCUT2D eigenvalue weighted by molar-refractivity contribution is -0.112. The van der Waals surface area contributed by atoms with Crippen LogP contribution in [-0.2, 0) is 9.47 Å². The van der Waals surface area contributed by atoms with Crippen LogP contribution in [0.25, 0.3) is 0 Å². The van der Waals surface area contributed by atoms with E-state index in [0.29, 0.717) is 18.8 Å². The van der Waals surface area contributed by atoms with E-state index in [1.807, 2.05) is 19.9 Å². The van der Waals surface area contributed by atoms with Crippen molar-refractivity contribution < 1.29 is 13.9 Å². The molecule has 1 unspecified atom stereocenters. The average Bonchev–Trinajstić information content (AvgIpc) is 2.48. The Hall–Kier alpha value is -0.970. The van der Waals surface area contributed by atoms with Crippen LogP contribution in [0.3, 0.4) is 0 Å². The first-order chi connectivity index (χ1) is 9.63. The third-order valence-corrected chi connectivity index (χ3v) is 4.14. The number of rotatable bonds is 5. The van der Waals surface area contributed by atoms with Crippen LogP contribution in [0.1, 0.15) is 36.9 Å². The zero-order valence-corrected chi connectivity index (χ0v) is 12.5. The van der Waals surface area contributed by atoms with Crippen LogP contribution in [0.2, 0.25) is 0 Å².